The molecule has 0 aromatic heterocycles. The van der Waals surface area contributed by atoms with E-state index in [1.165, 1.54) is 12.1 Å². The van der Waals surface area contributed by atoms with Crippen LogP contribution in [0, 0.1) is 0 Å². The summed E-state index contributed by atoms with van der Waals surface area (Å²) in [4.78, 5) is 0.210. The summed E-state index contributed by atoms with van der Waals surface area (Å²) in [5.74, 6) is 0. The first-order valence-corrected chi connectivity index (χ1v) is 11.6. The van der Waals surface area contributed by atoms with Crippen LogP contribution in [0.4, 0.5) is 5.69 Å². The van der Waals surface area contributed by atoms with Gasteiger partial charge >= 0.3 is 0 Å². The van der Waals surface area contributed by atoms with Gasteiger partial charge in [-0.1, -0.05) is 35.4 Å². The molecule has 1 heterocycles. The van der Waals surface area contributed by atoms with Crippen LogP contribution in [0.25, 0.3) is 0 Å². The van der Waals surface area contributed by atoms with Gasteiger partial charge < -0.3 is 5.32 Å². The molecule has 7 heteroatoms. The van der Waals surface area contributed by atoms with Crippen molar-refractivity contribution in [2.45, 2.75) is 42.0 Å². The van der Waals surface area contributed by atoms with Gasteiger partial charge in [0.25, 0.3) is 0 Å². The molecule has 1 saturated carbocycles. The number of hydrogen-bond acceptors (Lipinski definition) is 3. The van der Waals surface area contributed by atoms with Crippen LogP contribution in [-0.4, -0.2) is 21.0 Å². The first kappa shape index (κ1) is 19.8. The molecule has 0 radical (unpaired) electrons. The number of rotatable bonds is 5. The first-order valence-electron chi connectivity index (χ1n) is 9.33. The quantitative estimate of drug-likeness (QED) is 0.638. The Bertz CT molecular complexity index is 1020. The van der Waals surface area contributed by atoms with E-state index in [-0.39, 0.29) is 16.4 Å². The van der Waals surface area contributed by atoms with Gasteiger partial charge in [0, 0.05) is 33.7 Å². The Morgan fingerprint density at radius 3 is 2.61 bits per heavy atom. The van der Waals surface area contributed by atoms with Gasteiger partial charge in [-0.15, -0.1) is 0 Å². The molecule has 2 N–H and O–H groups in total. The van der Waals surface area contributed by atoms with Crippen LogP contribution in [0.1, 0.15) is 31.2 Å². The molecule has 0 spiro atoms. The van der Waals surface area contributed by atoms with Crippen LogP contribution in [0.2, 0.25) is 10.0 Å². The molecule has 0 saturated heterocycles. The van der Waals surface area contributed by atoms with Crippen LogP contribution < -0.4 is 10.0 Å². The Morgan fingerprint density at radius 2 is 1.86 bits per heavy atom. The minimum Gasteiger partial charge on any atom is -0.381 e. The van der Waals surface area contributed by atoms with Crippen molar-refractivity contribution in [3.8, 4) is 0 Å². The van der Waals surface area contributed by atoms with Gasteiger partial charge in [-0.05, 0) is 73.7 Å². The monoisotopic (exact) mass is 436 g/mol. The van der Waals surface area contributed by atoms with Gasteiger partial charge in [0.05, 0.1) is 4.90 Å². The Labute approximate surface area is 176 Å². The summed E-state index contributed by atoms with van der Waals surface area (Å²) >= 11 is 12.1. The highest BCUT2D eigenvalue weighted by atomic mass is 35.5. The second kappa shape index (κ2) is 7.38. The number of nitrogens with one attached hydrogen (secondary N) is 2. The van der Waals surface area contributed by atoms with E-state index in [1.54, 1.807) is 12.1 Å². The van der Waals surface area contributed by atoms with E-state index in [1.807, 2.05) is 18.2 Å². The lowest BCUT2D eigenvalue weighted by Crippen LogP contribution is -2.45. The summed E-state index contributed by atoms with van der Waals surface area (Å²) in [6, 6.07) is 12.3. The molecule has 1 aliphatic carbocycles. The Morgan fingerprint density at radius 1 is 1.14 bits per heavy atom. The van der Waals surface area contributed by atoms with Crippen molar-refractivity contribution in [2.75, 3.05) is 11.9 Å². The normalized spacial score (nSPS) is 23.8. The van der Waals surface area contributed by atoms with E-state index in [9.17, 15) is 8.42 Å². The van der Waals surface area contributed by atoms with E-state index in [0.29, 0.717) is 23.0 Å². The highest BCUT2D eigenvalue weighted by Gasteiger charge is 2.49. The minimum atomic E-state index is -3.60. The van der Waals surface area contributed by atoms with Crippen molar-refractivity contribution in [3.63, 3.8) is 0 Å². The fourth-order valence-corrected chi connectivity index (χ4v) is 5.90. The van der Waals surface area contributed by atoms with Crippen LogP contribution in [0.5, 0.6) is 0 Å². The predicted molar refractivity (Wildman–Crippen MR) is 115 cm³/mol. The molecule has 2 aromatic rings. The number of anilines is 1. The second-order valence-electron chi connectivity index (χ2n) is 7.46. The van der Waals surface area contributed by atoms with Crippen molar-refractivity contribution in [1.82, 2.24) is 4.72 Å². The minimum absolute atomic E-state index is 0.210. The number of halogens is 2. The third kappa shape index (κ3) is 3.35. The van der Waals surface area contributed by atoms with Crippen molar-refractivity contribution >= 4 is 38.9 Å². The van der Waals surface area contributed by atoms with Gasteiger partial charge in [-0.3, -0.25) is 0 Å². The Balaban J connectivity index is 1.59. The largest absolute Gasteiger partial charge is 0.381 e. The zero-order chi connectivity index (χ0) is 19.9. The number of fused-ring (bicyclic) bond motifs is 3. The average molecular weight is 437 g/mol. The molecular formula is C21H22Cl2N2O2S. The van der Waals surface area contributed by atoms with Gasteiger partial charge in [0.1, 0.15) is 0 Å². The molecule has 0 unspecified atom stereocenters. The smallest absolute Gasteiger partial charge is 0.240 e. The summed E-state index contributed by atoms with van der Waals surface area (Å²) in [5, 5.41) is 4.79. The standard InChI is InChI=1S/C21H22Cl2N2O2S/c1-14-3-2-4-20-21(14,18-13-16(23)7-10-19(18)25-20)11-12-24-28(26,27)17-8-5-15(22)6-9-17/h5-10,13,20,24-25H,1-4,11-12H2/t20-,21-/m0/s1. The number of hydrogen-bond donors (Lipinski definition) is 2. The van der Waals surface area contributed by atoms with E-state index >= 15 is 0 Å². The number of benzene rings is 2. The van der Waals surface area contributed by atoms with Crippen molar-refractivity contribution in [2.24, 2.45) is 0 Å². The number of sulfonamides is 1. The summed E-state index contributed by atoms with van der Waals surface area (Å²) in [5.41, 5.74) is 3.03. The zero-order valence-electron chi connectivity index (χ0n) is 15.3. The molecular weight excluding hydrogens is 415 g/mol. The van der Waals surface area contributed by atoms with Gasteiger partial charge in [0.15, 0.2) is 0 Å². The topological polar surface area (TPSA) is 58.2 Å². The zero-order valence-corrected chi connectivity index (χ0v) is 17.7. The highest BCUT2D eigenvalue weighted by molar-refractivity contribution is 7.89. The molecule has 2 aromatic carbocycles. The summed E-state index contributed by atoms with van der Waals surface area (Å²) in [6.45, 7) is 4.68. The molecule has 0 bridgehead atoms. The maximum atomic E-state index is 12.6. The second-order valence-corrected chi connectivity index (χ2v) is 10.1. The summed E-state index contributed by atoms with van der Waals surface area (Å²) < 4.78 is 28.0. The Hall–Kier alpha value is -1.53. The predicted octanol–water partition coefficient (Wildman–Crippen LogP) is 5.13. The van der Waals surface area contributed by atoms with E-state index in [0.717, 1.165) is 36.1 Å². The van der Waals surface area contributed by atoms with E-state index in [4.69, 9.17) is 23.2 Å². The van der Waals surface area contributed by atoms with Crippen LogP contribution in [0.3, 0.4) is 0 Å². The molecule has 4 nitrogen and oxygen atoms in total. The van der Waals surface area contributed by atoms with Crippen LogP contribution in [-0.2, 0) is 15.4 Å². The molecule has 4 rings (SSSR count). The lowest BCUT2D eigenvalue weighted by atomic mass is 9.63. The lowest BCUT2D eigenvalue weighted by molar-refractivity contribution is 0.344. The third-order valence-electron chi connectivity index (χ3n) is 5.92. The summed E-state index contributed by atoms with van der Waals surface area (Å²) in [6.07, 6.45) is 3.67. The van der Waals surface area contributed by atoms with Gasteiger partial charge in [-0.2, -0.15) is 0 Å². The highest BCUT2D eigenvalue weighted by Crippen LogP contribution is 2.53. The van der Waals surface area contributed by atoms with Crippen molar-refractivity contribution < 1.29 is 8.42 Å². The van der Waals surface area contributed by atoms with E-state index in [2.05, 4.69) is 16.6 Å². The van der Waals surface area contributed by atoms with Gasteiger partial charge in [-0.25, -0.2) is 13.1 Å². The fraction of sp³-hybridized carbons (Fsp3) is 0.333. The molecule has 148 valence electrons. The van der Waals surface area contributed by atoms with E-state index < -0.39 is 10.0 Å². The fourth-order valence-electron chi connectivity index (χ4n) is 4.57. The first-order chi connectivity index (χ1) is 13.3. The SMILES string of the molecule is C=C1CCC[C@@H]2Nc3ccc(Cl)cc3[C@]12CCNS(=O)(=O)c1ccc(Cl)cc1. The molecule has 2 aliphatic rings. The molecule has 1 fully saturated rings. The van der Waals surface area contributed by atoms with Crippen molar-refractivity contribution in [1.29, 1.82) is 0 Å². The average Bonchev–Trinajstić information content (AvgIpc) is 2.97. The van der Waals surface area contributed by atoms with Crippen molar-refractivity contribution in [3.05, 3.63) is 70.2 Å². The molecule has 1 aliphatic heterocycles. The lowest BCUT2D eigenvalue weighted by Gasteiger charge is -2.42. The van der Waals surface area contributed by atoms with Crippen LogP contribution in [0.15, 0.2) is 59.5 Å². The Kier molecular flexibility index (Phi) is 5.21. The molecule has 2 atom stereocenters. The molecule has 0 amide bonds. The van der Waals surface area contributed by atoms with Crippen LogP contribution >= 0.6 is 23.2 Å². The summed E-state index contributed by atoms with van der Waals surface area (Å²) in [7, 11) is -3.60. The van der Waals surface area contributed by atoms with Gasteiger partial charge in [0.2, 0.25) is 10.0 Å². The maximum Gasteiger partial charge on any atom is 0.240 e. The maximum absolute atomic E-state index is 12.6. The third-order valence-corrected chi connectivity index (χ3v) is 7.89. The molecule has 28 heavy (non-hydrogen) atoms.